The van der Waals surface area contributed by atoms with Crippen molar-refractivity contribution in [1.29, 1.82) is 0 Å². The highest BCUT2D eigenvalue weighted by molar-refractivity contribution is 6.30. The van der Waals surface area contributed by atoms with Crippen LogP contribution < -0.4 is 11.1 Å². The minimum atomic E-state index is 0. The normalized spacial score (nSPS) is 22.8. The summed E-state index contributed by atoms with van der Waals surface area (Å²) in [6.45, 7) is 0.903. The van der Waals surface area contributed by atoms with Crippen molar-refractivity contribution in [2.45, 2.75) is 44.3 Å². The summed E-state index contributed by atoms with van der Waals surface area (Å²) in [6, 6.07) is 9.07. The minimum absolute atomic E-state index is 0. The lowest BCUT2D eigenvalue weighted by Gasteiger charge is -2.27. The van der Waals surface area contributed by atoms with Crippen molar-refractivity contribution in [2.75, 3.05) is 0 Å². The summed E-state index contributed by atoms with van der Waals surface area (Å²) in [5.74, 6) is 0. The lowest BCUT2D eigenvalue weighted by Crippen LogP contribution is -2.36. The molecule has 0 spiro atoms. The highest BCUT2D eigenvalue weighted by atomic mass is 35.5. The molecule has 1 aliphatic carbocycles. The van der Waals surface area contributed by atoms with Crippen LogP contribution >= 0.6 is 36.4 Å². The maximum Gasteiger partial charge on any atom is 0.0409 e. The van der Waals surface area contributed by atoms with E-state index < -0.39 is 0 Å². The van der Waals surface area contributed by atoms with Gasteiger partial charge in [-0.3, -0.25) is 0 Å². The Balaban J connectivity index is 0.00000144. The van der Waals surface area contributed by atoms with E-state index in [2.05, 4.69) is 11.4 Å². The Kier molecular flexibility index (Phi) is 9.01. The molecule has 0 bridgehead atoms. The molecule has 0 radical (unpaired) electrons. The first-order valence-electron chi connectivity index (χ1n) is 5.97. The number of hydrogen-bond acceptors (Lipinski definition) is 2. The number of nitrogens with one attached hydrogen (secondary N) is 1. The fourth-order valence-corrected chi connectivity index (χ4v) is 2.45. The number of benzene rings is 1. The molecular weight excluding hydrogens is 291 g/mol. The summed E-state index contributed by atoms with van der Waals surface area (Å²) < 4.78 is 0. The van der Waals surface area contributed by atoms with E-state index in [1.807, 2.05) is 18.2 Å². The van der Waals surface area contributed by atoms with Crippen LogP contribution in [0.4, 0.5) is 0 Å². The van der Waals surface area contributed by atoms with Gasteiger partial charge in [0.25, 0.3) is 0 Å². The van der Waals surface area contributed by atoms with E-state index >= 15 is 0 Å². The maximum absolute atomic E-state index is 5.94. The smallest absolute Gasteiger partial charge is 0.0409 e. The maximum atomic E-state index is 5.94. The molecule has 0 aliphatic heterocycles. The fraction of sp³-hybridized carbons (Fsp3) is 0.538. The second-order valence-corrected chi connectivity index (χ2v) is 5.06. The van der Waals surface area contributed by atoms with Crippen molar-refractivity contribution in [2.24, 2.45) is 5.73 Å². The average molecular weight is 312 g/mol. The van der Waals surface area contributed by atoms with Gasteiger partial charge in [0.2, 0.25) is 0 Å². The third kappa shape index (κ3) is 5.77. The molecule has 1 saturated carbocycles. The zero-order valence-electron chi connectivity index (χ0n) is 10.3. The summed E-state index contributed by atoms with van der Waals surface area (Å²) in [5, 5.41) is 4.38. The molecule has 0 amide bonds. The minimum Gasteiger partial charge on any atom is -0.328 e. The molecule has 1 aliphatic rings. The first-order valence-corrected chi connectivity index (χ1v) is 6.35. The molecule has 0 aromatic heterocycles. The highest BCUT2D eigenvalue weighted by Gasteiger charge is 2.17. The lowest BCUT2D eigenvalue weighted by atomic mass is 9.92. The molecule has 5 heteroatoms. The fourth-order valence-electron chi connectivity index (χ4n) is 2.23. The molecule has 0 unspecified atom stereocenters. The van der Waals surface area contributed by atoms with Gasteiger partial charge < -0.3 is 11.1 Å². The van der Waals surface area contributed by atoms with Crippen molar-refractivity contribution in [3.8, 4) is 0 Å². The quantitative estimate of drug-likeness (QED) is 0.896. The molecule has 0 saturated heterocycles. The highest BCUT2D eigenvalue weighted by Crippen LogP contribution is 2.18. The van der Waals surface area contributed by atoms with Gasteiger partial charge in [-0.1, -0.05) is 23.7 Å². The second-order valence-electron chi connectivity index (χ2n) is 4.62. The summed E-state index contributed by atoms with van der Waals surface area (Å²) in [6.07, 6.45) is 4.68. The van der Waals surface area contributed by atoms with Crippen LogP contribution in [0.15, 0.2) is 24.3 Å². The summed E-state index contributed by atoms with van der Waals surface area (Å²) >= 11 is 5.94. The molecule has 18 heavy (non-hydrogen) atoms. The third-order valence-electron chi connectivity index (χ3n) is 3.26. The zero-order valence-corrected chi connectivity index (χ0v) is 12.7. The van der Waals surface area contributed by atoms with Crippen molar-refractivity contribution >= 4 is 36.4 Å². The van der Waals surface area contributed by atoms with Gasteiger partial charge in [-0.2, -0.15) is 0 Å². The molecule has 1 fully saturated rings. The van der Waals surface area contributed by atoms with E-state index in [0.29, 0.717) is 12.1 Å². The summed E-state index contributed by atoms with van der Waals surface area (Å²) in [4.78, 5) is 0. The Morgan fingerprint density at radius 2 is 1.83 bits per heavy atom. The summed E-state index contributed by atoms with van der Waals surface area (Å²) in [5.41, 5.74) is 7.13. The largest absolute Gasteiger partial charge is 0.328 e. The van der Waals surface area contributed by atoms with E-state index in [0.717, 1.165) is 24.4 Å². The molecular formula is C13H21Cl3N2. The van der Waals surface area contributed by atoms with E-state index in [1.165, 1.54) is 18.4 Å². The monoisotopic (exact) mass is 310 g/mol. The molecule has 2 rings (SSSR count). The molecule has 104 valence electrons. The molecule has 0 atom stereocenters. The number of nitrogens with two attached hydrogens (primary N) is 1. The lowest BCUT2D eigenvalue weighted by molar-refractivity contribution is 0.342. The Hall–Kier alpha value is 0.01000. The van der Waals surface area contributed by atoms with Crippen molar-refractivity contribution < 1.29 is 0 Å². The first-order chi connectivity index (χ1) is 7.74. The van der Waals surface area contributed by atoms with Gasteiger partial charge in [0, 0.05) is 23.7 Å². The molecule has 1 aromatic rings. The SMILES string of the molecule is Cl.Cl.NC1CCC(NCc2cccc(Cl)c2)CC1. The van der Waals surface area contributed by atoms with Gasteiger partial charge in [-0.15, -0.1) is 24.8 Å². The second kappa shape index (κ2) is 9.00. The Labute approximate surface area is 126 Å². The predicted molar refractivity (Wildman–Crippen MR) is 83.0 cm³/mol. The van der Waals surface area contributed by atoms with Crippen molar-refractivity contribution in [3.63, 3.8) is 0 Å². The van der Waals surface area contributed by atoms with Gasteiger partial charge in [0.1, 0.15) is 0 Å². The Morgan fingerprint density at radius 1 is 1.17 bits per heavy atom. The van der Waals surface area contributed by atoms with Crippen molar-refractivity contribution in [3.05, 3.63) is 34.9 Å². The van der Waals surface area contributed by atoms with Crippen LogP contribution in [0.3, 0.4) is 0 Å². The zero-order chi connectivity index (χ0) is 11.4. The van der Waals surface area contributed by atoms with Crippen LogP contribution in [-0.2, 0) is 6.54 Å². The van der Waals surface area contributed by atoms with Crippen LogP contribution in [0.5, 0.6) is 0 Å². The topological polar surface area (TPSA) is 38.0 Å². The first kappa shape index (κ1) is 18.0. The van der Waals surface area contributed by atoms with E-state index in [4.69, 9.17) is 17.3 Å². The number of halogens is 3. The van der Waals surface area contributed by atoms with Crippen LogP contribution in [0.1, 0.15) is 31.2 Å². The Morgan fingerprint density at radius 3 is 2.44 bits per heavy atom. The van der Waals surface area contributed by atoms with Crippen LogP contribution in [-0.4, -0.2) is 12.1 Å². The Bertz CT molecular complexity index is 339. The molecule has 2 nitrogen and oxygen atoms in total. The van der Waals surface area contributed by atoms with Gasteiger partial charge in [-0.25, -0.2) is 0 Å². The standard InChI is InChI=1S/C13H19ClN2.2ClH/c14-11-3-1-2-10(8-11)9-16-13-6-4-12(15)5-7-13;;/h1-3,8,12-13,16H,4-7,9,15H2;2*1H. The average Bonchev–Trinajstić information content (AvgIpc) is 2.28. The third-order valence-corrected chi connectivity index (χ3v) is 3.49. The van der Waals surface area contributed by atoms with Crippen LogP contribution in [0, 0.1) is 0 Å². The van der Waals surface area contributed by atoms with Gasteiger partial charge in [-0.05, 0) is 43.4 Å². The van der Waals surface area contributed by atoms with Crippen LogP contribution in [0.25, 0.3) is 0 Å². The molecule has 3 N–H and O–H groups in total. The number of rotatable bonds is 3. The summed E-state index contributed by atoms with van der Waals surface area (Å²) in [7, 11) is 0. The van der Waals surface area contributed by atoms with E-state index in [1.54, 1.807) is 0 Å². The molecule has 1 aromatic carbocycles. The number of hydrogen-bond donors (Lipinski definition) is 2. The van der Waals surface area contributed by atoms with E-state index in [9.17, 15) is 0 Å². The van der Waals surface area contributed by atoms with E-state index in [-0.39, 0.29) is 24.8 Å². The van der Waals surface area contributed by atoms with Gasteiger partial charge >= 0.3 is 0 Å². The molecule has 0 heterocycles. The van der Waals surface area contributed by atoms with Crippen LogP contribution in [0.2, 0.25) is 5.02 Å². The predicted octanol–water partition coefficient (Wildman–Crippen LogP) is 3.54. The van der Waals surface area contributed by atoms with Crippen molar-refractivity contribution in [1.82, 2.24) is 5.32 Å². The van der Waals surface area contributed by atoms with Gasteiger partial charge in [0.15, 0.2) is 0 Å². The van der Waals surface area contributed by atoms with Gasteiger partial charge in [0.05, 0.1) is 0 Å².